The zero-order valence-electron chi connectivity index (χ0n) is 8.91. The number of nitro benzene ring substituents is 1. The van der Waals surface area contributed by atoms with Crippen molar-refractivity contribution in [1.29, 1.82) is 0 Å². The maximum atomic E-state index is 11.5. The van der Waals surface area contributed by atoms with E-state index in [4.69, 9.17) is 0 Å². The van der Waals surface area contributed by atoms with Crippen molar-refractivity contribution in [1.82, 2.24) is 4.98 Å². The Balaban J connectivity index is 2.79. The van der Waals surface area contributed by atoms with E-state index in [-0.39, 0.29) is 11.4 Å². The smallest absolute Gasteiger partial charge is 0.357 e. The molecule has 2 aromatic rings. The van der Waals surface area contributed by atoms with Gasteiger partial charge >= 0.3 is 5.97 Å². The fraction of sp³-hybridized carbons (Fsp3) is 0.0909. The first-order chi connectivity index (χ1) is 8.15. The number of rotatable bonds is 2. The molecule has 0 N–H and O–H groups in total. The Bertz CT molecular complexity index is 609. The number of carbonyl (C=O) groups is 1. The number of aromatic nitrogens is 1. The number of carbonyl (C=O) groups excluding carboxylic acids is 1. The molecule has 0 saturated carbocycles. The normalized spacial score (nSPS) is 10.2. The highest BCUT2D eigenvalue weighted by Crippen LogP contribution is 2.26. The molecular weight excluding hydrogens is 224 g/mol. The lowest BCUT2D eigenvalue weighted by atomic mass is 10.1. The van der Waals surface area contributed by atoms with Crippen molar-refractivity contribution in [3.05, 3.63) is 46.3 Å². The van der Waals surface area contributed by atoms with Crippen LogP contribution in [0.4, 0.5) is 5.69 Å². The third kappa shape index (κ3) is 1.80. The van der Waals surface area contributed by atoms with Gasteiger partial charge in [0.1, 0.15) is 0 Å². The summed E-state index contributed by atoms with van der Waals surface area (Å²) in [6.07, 6.45) is 1.35. The van der Waals surface area contributed by atoms with Gasteiger partial charge in [-0.3, -0.25) is 10.1 Å². The summed E-state index contributed by atoms with van der Waals surface area (Å²) >= 11 is 0. The number of hydrogen-bond donors (Lipinski definition) is 0. The number of ether oxygens (including phenoxy) is 1. The second kappa shape index (κ2) is 4.17. The average molecular weight is 232 g/mol. The SMILES string of the molecule is COC(=O)c1nccc2c([N+](=O)[O-])cccc12. The first kappa shape index (κ1) is 11.0. The first-order valence-corrected chi connectivity index (χ1v) is 4.75. The fourth-order valence-electron chi connectivity index (χ4n) is 1.61. The lowest BCUT2D eigenvalue weighted by molar-refractivity contribution is -0.383. The van der Waals surface area contributed by atoms with Crippen molar-refractivity contribution in [3.63, 3.8) is 0 Å². The molecule has 0 unspecified atom stereocenters. The first-order valence-electron chi connectivity index (χ1n) is 4.75. The number of non-ortho nitro benzene ring substituents is 1. The molecule has 0 bridgehead atoms. The number of nitro groups is 1. The Morgan fingerprint density at radius 3 is 2.76 bits per heavy atom. The molecule has 2 rings (SSSR count). The molecule has 0 fully saturated rings. The maximum Gasteiger partial charge on any atom is 0.357 e. The minimum Gasteiger partial charge on any atom is -0.464 e. The number of pyridine rings is 1. The summed E-state index contributed by atoms with van der Waals surface area (Å²) in [7, 11) is 1.24. The predicted molar refractivity (Wildman–Crippen MR) is 59.7 cm³/mol. The molecule has 0 spiro atoms. The monoisotopic (exact) mass is 232 g/mol. The van der Waals surface area contributed by atoms with Gasteiger partial charge in [0.15, 0.2) is 5.69 Å². The molecule has 6 heteroatoms. The molecule has 0 saturated heterocycles. The van der Waals surface area contributed by atoms with E-state index in [9.17, 15) is 14.9 Å². The van der Waals surface area contributed by atoms with Crippen LogP contribution in [0.5, 0.6) is 0 Å². The number of fused-ring (bicyclic) bond motifs is 1. The van der Waals surface area contributed by atoms with Gasteiger partial charge in [-0.1, -0.05) is 12.1 Å². The Morgan fingerprint density at radius 1 is 1.35 bits per heavy atom. The van der Waals surface area contributed by atoms with E-state index in [0.29, 0.717) is 10.8 Å². The van der Waals surface area contributed by atoms with Crippen LogP contribution in [0.1, 0.15) is 10.5 Å². The zero-order chi connectivity index (χ0) is 12.4. The van der Waals surface area contributed by atoms with Gasteiger partial charge in [-0.25, -0.2) is 9.78 Å². The van der Waals surface area contributed by atoms with Crippen molar-refractivity contribution in [3.8, 4) is 0 Å². The summed E-state index contributed by atoms with van der Waals surface area (Å²) in [5.41, 5.74) is 0.0174. The van der Waals surface area contributed by atoms with Crippen molar-refractivity contribution >= 4 is 22.4 Å². The molecule has 1 aromatic carbocycles. The topological polar surface area (TPSA) is 82.3 Å². The van der Waals surface area contributed by atoms with Crippen molar-refractivity contribution in [2.24, 2.45) is 0 Å². The van der Waals surface area contributed by atoms with Crippen LogP contribution < -0.4 is 0 Å². The van der Waals surface area contributed by atoms with Crippen LogP contribution in [-0.4, -0.2) is 23.0 Å². The second-order valence-corrected chi connectivity index (χ2v) is 3.28. The molecule has 0 aliphatic rings. The number of esters is 1. The molecule has 17 heavy (non-hydrogen) atoms. The highest BCUT2D eigenvalue weighted by molar-refractivity contribution is 6.05. The predicted octanol–water partition coefficient (Wildman–Crippen LogP) is 1.93. The van der Waals surface area contributed by atoms with E-state index in [1.165, 1.54) is 31.5 Å². The van der Waals surface area contributed by atoms with Gasteiger partial charge in [0.05, 0.1) is 17.4 Å². The fourth-order valence-corrected chi connectivity index (χ4v) is 1.61. The van der Waals surface area contributed by atoms with Crippen LogP contribution in [0.2, 0.25) is 0 Å². The minimum atomic E-state index is -0.615. The lowest BCUT2D eigenvalue weighted by Crippen LogP contribution is -2.05. The van der Waals surface area contributed by atoms with E-state index in [1.807, 2.05) is 0 Å². The quantitative estimate of drug-likeness (QED) is 0.448. The molecule has 6 nitrogen and oxygen atoms in total. The van der Waals surface area contributed by atoms with Crippen LogP contribution in [0.15, 0.2) is 30.5 Å². The van der Waals surface area contributed by atoms with E-state index >= 15 is 0 Å². The van der Waals surface area contributed by atoms with Gasteiger partial charge in [-0.05, 0) is 6.07 Å². The summed E-state index contributed by atoms with van der Waals surface area (Å²) in [6.45, 7) is 0. The third-order valence-corrected chi connectivity index (χ3v) is 2.36. The number of methoxy groups -OCH3 is 1. The largest absolute Gasteiger partial charge is 0.464 e. The van der Waals surface area contributed by atoms with E-state index < -0.39 is 10.9 Å². The highest BCUT2D eigenvalue weighted by atomic mass is 16.6. The van der Waals surface area contributed by atoms with Crippen LogP contribution in [0.25, 0.3) is 10.8 Å². The molecule has 0 radical (unpaired) electrons. The van der Waals surface area contributed by atoms with Crippen LogP contribution in [0.3, 0.4) is 0 Å². The Kier molecular flexibility index (Phi) is 2.70. The minimum absolute atomic E-state index is 0.0601. The van der Waals surface area contributed by atoms with E-state index in [2.05, 4.69) is 9.72 Å². The van der Waals surface area contributed by atoms with Gasteiger partial charge < -0.3 is 4.74 Å². The summed E-state index contributed by atoms with van der Waals surface area (Å²) < 4.78 is 4.57. The van der Waals surface area contributed by atoms with Crippen LogP contribution in [0, 0.1) is 10.1 Å². The second-order valence-electron chi connectivity index (χ2n) is 3.28. The lowest BCUT2D eigenvalue weighted by Gasteiger charge is -2.03. The van der Waals surface area contributed by atoms with Crippen LogP contribution >= 0.6 is 0 Å². The molecular formula is C11H8N2O4. The standard InChI is InChI=1S/C11H8N2O4/c1-17-11(14)10-8-3-2-4-9(13(15)16)7(8)5-6-12-10/h2-6H,1H3. The third-order valence-electron chi connectivity index (χ3n) is 2.36. The van der Waals surface area contributed by atoms with Gasteiger partial charge in [-0.2, -0.15) is 0 Å². The molecule has 1 heterocycles. The molecule has 0 aliphatic heterocycles. The van der Waals surface area contributed by atoms with Crippen molar-refractivity contribution in [2.75, 3.05) is 7.11 Å². The number of hydrogen-bond acceptors (Lipinski definition) is 5. The van der Waals surface area contributed by atoms with Gasteiger partial charge in [0.2, 0.25) is 0 Å². The summed E-state index contributed by atoms with van der Waals surface area (Å²) in [5.74, 6) is -0.615. The summed E-state index contributed by atoms with van der Waals surface area (Å²) in [6, 6.07) is 5.99. The van der Waals surface area contributed by atoms with E-state index in [0.717, 1.165) is 0 Å². The van der Waals surface area contributed by atoms with Crippen LogP contribution in [-0.2, 0) is 4.74 Å². The average Bonchev–Trinajstić information content (AvgIpc) is 2.36. The number of benzene rings is 1. The molecule has 0 aliphatic carbocycles. The van der Waals surface area contributed by atoms with Crippen molar-refractivity contribution < 1.29 is 14.5 Å². The van der Waals surface area contributed by atoms with Gasteiger partial charge in [-0.15, -0.1) is 0 Å². The Morgan fingerprint density at radius 2 is 2.12 bits per heavy atom. The Hall–Kier alpha value is -2.50. The summed E-state index contributed by atoms with van der Waals surface area (Å²) in [4.78, 5) is 25.7. The van der Waals surface area contributed by atoms with Gasteiger partial charge in [0, 0.05) is 17.6 Å². The molecule has 0 atom stereocenters. The number of nitrogens with zero attached hydrogens (tertiary/aromatic N) is 2. The van der Waals surface area contributed by atoms with Crippen molar-refractivity contribution in [2.45, 2.75) is 0 Å². The zero-order valence-corrected chi connectivity index (χ0v) is 8.91. The maximum absolute atomic E-state index is 11.5. The molecule has 86 valence electrons. The van der Waals surface area contributed by atoms with E-state index in [1.54, 1.807) is 6.07 Å². The molecule has 0 amide bonds. The summed E-state index contributed by atoms with van der Waals surface area (Å²) in [5, 5.41) is 11.6. The Labute approximate surface area is 96.0 Å². The van der Waals surface area contributed by atoms with Gasteiger partial charge in [0.25, 0.3) is 5.69 Å². The highest BCUT2D eigenvalue weighted by Gasteiger charge is 2.17. The molecule has 1 aromatic heterocycles.